The quantitative estimate of drug-likeness (QED) is 0.840. The molecule has 0 aliphatic carbocycles. The fraction of sp³-hybridized carbons (Fsp3) is 0.200. The highest BCUT2D eigenvalue weighted by Crippen LogP contribution is 2.31. The Bertz CT molecular complexity index is 623. The smallest absolute Gasteiger partial charge is 0.379 e. The maximum Gasteiger partial charge on any atom is 0.416 e. The van der Waals surface area contributed by atoms with Gasteiger partial charge in [-0.05, 0) is 29.3 Å². The zero-order valence-corrected chi connectivity index (χ0v) is 11.0. The minimum absolute atomic E-state index is 0.0288. The Morgan fingerprint density at radius 3 is 2.33 bits per heavy atom. The summed E-state index contributed by atoms with van der Waals surface area (Å²) in [5, 5.41) is 2.78. The van der Waals surface area contributed by atoms with Crippen molar-refractivity contribution in [3.05, 3.63) is 65.0 Å². The first-order valence-corrected chi connectivity index (χ1v) is 6.28. The van der Waals surface area contributed by atoms with Gasteiger partial charge in [-0.2, -0.15) is 13.2 Å². The molecule has 0 saturated heterocycles. The van der Waals surface area contributed by atoms with Gasteiger partial charge >= 0.3 is 6.18 Å². The summed E-state index contributed by atoms with van der Waals surface area (Å²) in [6.45, 7) is 0.693. The Morgan fingerprint density at radius 1 is 1.00 bits per heavy atom. The van der Waals surface area contributed by atoms with Crippen molar-refractivity contribution in [3.8, 4) is 0 Å². The van der Waals surface area contributed by atoms with Gasteiger partial charge in [0.15, 0.2) is 0 Å². The van der Waals surface area contributed by atoms with Crippen molar-refractivity contribution in [1.82, 2.24) is 0 Å². The van der Waals surface area contributed by atoms with Gasteiger partial charge in [-0.15, -0.1) is 0 Å². The maximum absolute atomic E-state index is 13.6. The molecule has 2 aromatic carbocycles. The topological polar surface area (TPSA) is 38.0 Å². The normalized spacial score (nSPS) is 11.5. The molecule has 0 radical (unpaired) electrons. The van der Waals surface area contributed by atoms with E-state index >= 15 is 0 Å². The first-order valence-electron chi connectivity index (χ1n) is 6.28. The van der Waals surface area contributed by atoms with Gasteiger partial charge in [-0.25, -0.2) is 4.39 Å². The summed E-state index contributed by atoms with van der Waals surface area (Å²) in [6.07, 6.45) is -4.55. The summed E-state index contributed by atoms with van der Waals surface area (Å²) in [4.78, 5) is 0. The lowest BCUT2D eigenvalue weighted by molar-refractivity contribution is -0.137. The summed E-state index contributed by atoms with van der Waals surface area (Å²) >= 11 is 0. The molecule has 0 aromatic heterocycles. The van der Waals surface area contributed by atoms with Crippen LogP contribution in [0, 0.1) is 5.82 Å². The molecule has 3 N–H and O–H groups in total. The third-order valence-corrected chi connectivity index (χ3v) is 3.01. The predicted molar refractivity (Wildman–Crippen MR) is 73.1 cm³/mol. The SMILES string of the molecule is NCc1cccc(CNc2ccc(C(F)(F)F)cc2F)c1. The molecule has 2 rings (SSSR count). The molecule has 2 aromatic rings. The lowest BCUT2D eigenvalue weighted by Gasteiger charge is -2.11. The molecule has 0 aliphatic heterocycles. The van der Waals surface area contributed by atoms with Crippen molar-refractivity contribution in [3.63, 3.8) is 0 Å². The monoisotopic (exact) mass is 298 g/mol. The van der Waals surface area contributed by atoms with Gasteiger partial charge in [0.05, 0.1) is 11.3 Å². The van der Waals surface area contributed by atoms with Gasteiger partial charge in [0, 0.05) is 13.1 Å². The van der Waals surface area contributed by atoms with Crippen LogP contribution in [-0.4, -0.2) is 0 Å². The van der Waals surface area contributed by atoms with Crippen molar-refractivity contribution in [2.75, 3.05) is 5.32 Å². The molecule has 2 nitrogen and oxygen atoms in total. The number of halogens is 4. The van der Waals surface area contributed by atoms with Crippen LogP contribution in [0.3, 0.4) is 0 Å². The maximum atomic E-state index is 13.6. The summed E-state index contributed by atoms with van der Waals surface area (Å²) in [7, 11) is 0. The molecule has 0 bridgehead atoms. The Hall–Kier alpha value is -2.08. The molecule has 0 unspecified atom stereocenters. The van der Waals surface area contributed by atoms with Crippen LogP contribution in [0.25, 0.3) is 0 Å². The first-order chi connectivity index (χ1) is 9.90. The number of alkyl halides is 3. The molecule has 6 heteroatoms. The number of hydrogen-bond donors (Lipinski definition) is 2. The minimum atomic E-state index is -4.55. The molecule has 112 valence electrons. The number of benzene rings is 2. The van der Waals surface area contributed by atoms with Crippen molar-refractivity contribution in [2.45, 2.75) is 19.3 Å². The van der Waals surface area contributed by atoms with Crippen LogP contribution in [0.2, 0.25) is 0 Å². The van der Waals surface area contributed by atoms with E-state index in [1.54, 1.807) is 0 Å². The van der Waals surface area contributed by atoms with E-state index in [1.165, 1.54) is 0 Å². The van der Waals surface area contributed by atoms with Crippen LogP contribution in [0.1, 0.15) is 16.7 Å². The van der Waals surface area contributed by atoms with E-state index < -0.39 is 17.6 Å². The predicted octanol–water partition coefficient (Wildman–Crippen LogP) is 3.92. The molecule has 0 heterocycles. The van der Waals surface area contributed by atoms with Crippen LogP contribution < -0.4 is 11.1 Å². The molecular weight excluding hydrogens is 284 g/mol. The summed E-state index contributed by atoms with van der Waals surface area (Å²) < 4.78 is 51.0. The molecule has 0 fully saturated rings. The van der Waals surface area contributed by atoms with Crippen LogP contribution in [-0.2, 0) is 19.3 Å². The number of nitrogens with two attached hydrogens (primary N) is 1. The van der Waals surface area contributed by atoms with Gasteiger partial charge < -0.3 is 11.1 Å². The van der Waals surface area contributed by atoms with E-state index in [0.29, 0.717) is 19.2 Å². The highest BCUT2D eigenvalue weighted by molar-refractivity contribution is 5.47. The lowest BCUT2D eigenvalue weighted by atomic mass is 10.1. The Balaban J connectivity index is 2.10. The largest absolute Gasteiger partial charge is 0.416 e. The highest BCUT2D eigenvalue weighted by Gasteiger charge is 2.31. The number of hydrogen-bond acceptors (Lipinski definition) is 2. The van der Waals surface area contributed by atoms with Gasteiger partial charge in [0.2, 0.25) is 0 Å². The average molecular weight is 298 g/mol. The Labute approximate surface area is 119 Å². The fourth-order valence-electron chi connectivity index (χ4n) is 1.90. The van der Waals surface area contributed by atoms with E-state index in [1.807, 2.05) is 24.3 Å². The number of anilines is 1. The van der Waals surface area contributed by atoms with Crippen molar-refractivity contribution < 1.29 is 17.6 Å². The van der Waals surface area contributed by atoms with Crippen LogP contribution >= 0.6 is 0 Å². The van der Waals surface area contributed by atoms with Gasteiger partial charge in [0.1, 0.15) is 5.82 Å². The zero-order valence-electron chi connectivity index (χ0n) is 11.0. The first kappa shape index (κ1) is 15.3. The van der Waals surface area contributed by atoms with E-state index in [0.717, 1.165) is 23.3 Å². The second kappa shape index (κ2) is 6.13. The Kier molecular flexibility index (Phi) is 4.47. The van der Waals surface area contributed by atoms with Gasteiger partial charge in [0.25, 0.3) is 0 Å². The highest BCUT2D eigenvalue weighted by atomic mass is 19.4. The molecule has 0 atom stereocenters. The van der Waals surface area contributed by atoms with Crippen LogP contribution in [0.15, 0.2) is 42.5 Å². The van der Waals surface area contributed by atoms with Crippen molar-refractivity contribution >= 4 is 5.69 Å². The third kappa shape index (κ3) is 3.95. The van der Waals surface area contributed by atoms with E-state index in [9.17, 15) is 17.6 Å². The second-order valence-electron chi connectivity index (χ2n) is 4.57. The van der Waals surface area contributed by atoms with E-state index in [-0.39, 0.29) is 5.69 Å². The summed E-state index contributed by atoms with van der Waals surface area (Å²) in [5.41, 5.74) is 6.35. The molecule has 0 aliphatic rings. The minimum Gasteiger partial charge on any atom is -0.379 e. The van der Waals surface area contributed by atoms with Crippen molar-refractivity contribution in [2.24, 2.45) is 5.73 Å². The zero-order chi connectivity index (χ0) is 15.5. The lowest BCUT2D eigenvalue weighted by Crippen LogP contribution is -2.07. The standard InChI is InChI=1S/C15H14F4N2/c16-13-7-12(15(17,18)19)4-5-14(13)21-9-11-3-1-2-10(6-11)8-20/h1-7,21H,8-9,20H2. The molecule has 0 amide bonds. The van der Waals surface area contributed by atoms with E-state index in [2.05, 4.69) is 5.32 Å². The van der Waals surface area contributed by atoms with E-state index in [4.69, 9.17) is 5.73 Å². The van der Waals surface area contributed by atoms with Gasteiger partial charge in [-0.1, -0.05) is 24.3 Å². The fourth-order valence-corrected chi connectivity index (χ4v) is 1.90. The molecule has 0 saturated carbocycles. The average Bonchev–Trinajstić information content (AvgIpc) is 2.45. The molecule has 21 heavy (non-hydrogen) atoms. The van der Waals surface area contributed by atoms with Crippen LogP contribution in [0.4, 0.5) is 23.2 Å². The van der Waals surface area contributed by atoms with Crippen molar-refractivity contribution in [1.29, 1.82) is 0 Å². The summed E-state index contributed by atoms with van der Waals surface area (Å²) in [5.74, 6) is -0.931. The molecular formula is C15H14F4N2. The van der Waals surface area contributed by atoms with Gasteiger partial charge in [-0.3, -0.25) is 0 Å². The summed E-state index contributed by atoms with van der Waals surface area (Å²) in [6, 6.07) is 9.79. The number of rotatable bonds is 4. The Morgan fingerprint density at radius 2 is 1.71 bits per heavy atom. The van der Waals surface area contributed by atoms with Crippen LogP contribution in [0.5, 0.6) is 0 Å². The number of nitrogens with one attached hydrogen (secondary N) is 1. The third-order valence-electron chi connectivity index (χ3n) is 3.01. The second-order valence-corrected chi connectivity index (χ2v) is 4.57. The molecule has 0 spiro atoms.